The second kappa shape index (κ2) is 8.21. The summed E-state index contributed by atoms with van der Waals surface area (Å²) in [7, 11) is -3.99. The molecule has 0 spiro atoms. The lowest BCUT2D eigenvalue weighted by Crippen LogP contribution is -2.13. The Morgan fingerprint density at radius 3 is 2.55 bits per heavy atom. The molecule has 0 fully saturated rings. The molecular weight excluding hydrogens is 440 g/mol. The van der Waals surface area contributed by atoms with E-state index in [4.69, 9.17) is 11.6 Å². The number of aromatic hydroxyl groups is 1. The quantitative estimate of drug-likeness (QED) is 0.356. The Labute approximate surface area is 182 Å². The second-order valence-electron chi connectivity index (χ2n) is 6.49. The molecule has 4 rings (SSSR count). The van der Waals surface area contributed by atoms with Gasteiger partial charge in [-0.05, 0) is 36.4 Å². The smallest absolute Gasteiger partial charge is 0.295 e. The van der Waals surface area contributed by atoms with E-state index in [1.54, 1.807) is 42.5 Å². The fraction of sp³-hybridized carbons (Fsp3) is 0. The van der Waals surface area contributed by atoms with Crippen molar-refractivity contribution < 1.29 is 18.3 Å². The van der Waals surface area contributed by atoms with Gasteiger partial charge in [-0.15, -0.1) is 10.2 Å². The first kappa shape index (κ1) is 20.6. The standard InChI is InChI=1S/C21H15ClN4O4S/c22-16-9-2-4-11-18(16)26-31(29,30)14-7-5-6-13(12-14)20(27)25-24-19-15-8-1-3-10-17(15)23-21(19)28/h1-12,23,26,28H. The molecule has 0 unspecified atom stereocenters. The first-order chi connectivity index (χ1) is 14.8. The van der Waals surface area contributed by atoms with Crippen molar-refractivity contribution in [2.45, 2.75) is 4.90 Å². The fourth-order valence-corrected chi connectivity index (χ4v) is 4.28. The zero-order chi connectivity index (χ0) is 22.0. The highest BCUT2D eigenvalue weighted by atomic mass is 35.5. The molecule has 1 amide bonds. The Hall–Kier alpha value is -3.69. The maximum absolute atomic E-state index is 12.7. The van der Waals surface area contributed by atoms with Crippen LogP contribution in [0.15, 0.2) is 87.9 Å². The average molecular weight is 455 g/mol. The van der Waals surface area contributed by atoms with Gasteiger partial charge < -0.3 is 10.1 Å². The first-order valence-corrected chi connectivity index (χ1v) is 10.8. The van der Waals surface area contributed by atoms with Gasteiger partial charge in [-0.3, -0.25) is 9.52 Å². The van der Waals surface area contributed by atoms with Crippen molar-refractivity contribution in [1.82, 2.24) is 4.98 Å². The molecule has 8 nitrogen and oxygen atoms in total. The number of benzene rings is 3. The number of carbonyl (C=O) groups is 1. The maximum atomic E-state index is 12.7. The minimum absolute atomic E-state index is 0.0186. The Morgan fingerprint density at radius 2 is 1.74 bits per heavy atom. The minimum Gasteiger partial charge on any atom is -0.493 e. The van der Waals surface area contributed by atoms with Crippen molar-refractivity contribution in [2.24, 2.45) is 10.2 Å². The van der Waals surface area contributed by atoms with Gasteiger partial charge in [0.1, 0.15) is 0 Å². The minimum atomic E-state index is -3.99. The fourth-order valence-electron chi connectivity index (χ4n) is 2.91. The number of azo groups is 1. The van der Waals surface area contributed by atoms with Gasteiger partial charge in [0.25, 0.3) is 15.9 Å². The van der Waals surface area contributed by atoms with E-state index in [1.807, 2.05) is 0 Å². The molecule has 1 heterocycles. The van der Waals surface area contributed by atoms with E-state index >= 15 is 0 Å². The van der Waals surface area contributed by atoms with Gasteiger partial charge in [-0.2, -0.15) is 0 Å². The number of hydrogen-bond acceptors (Lipinski definition) is 5. The van der Waals surface area contributed by atoms with E-state index in [0.717, 1.165) is 0 Å². The lowest BCUT2D eigenvalue weighted by Gasteiger charge is -2.09. The zero-order valence-corrected chi connectivity index (χ0v) is 17.4. The van der Waals surface area contributed by atoms with Crippen LogP contribution < -0.4 is 4.72 Å². The first-order valence-electron chi connectivity index (χ1n) is 8.98. The molecule has 156 valence electrons. The number of sulfonamides is 1. The van der Waals surface area contributed by atoms with Crippen LogP contribution in [0, 0.1) is 0 Å². The molecule has 31 heavy (non-hydrogen) atoms. The van der Waals surface area contributed by atoms with Crippen molar-refractivity contribution >= 4 is 49.8 Å². The number of aromatic amines is 1. The predicted molar refractivity (Wildman–Crippen MR) is 118 cm³/mol. The number of amides is 1. The van der Waals surface area contributed by atoms with E-state index in [1.165, 1.54) is 30.3 Å². The molecule has 0 saturated carbocycles. The number of nitrogens with zero attached hydrogens (tertiary/aromatic N) is 2. The van der Waals surface area contributed by atoms with E-state index in [0.29, 0.717) is 10.9 Å². The Bertz CT molecular complexity index is 1430. The molecular formula is C21H15ClN4O4S. The Balaban J connectivity index is 1.60. The zero-order valence-electron chi connectivity index (χ0n) is 15.8. The molecule has 0 saturated heterocycles. The highest BCUT2D eigenvalue weighted by molar-refractivity contribution is 7.92. The lowest BCUT2D eigenvalue weighted by molar-refractivity contribution is 0.0995. The summed E-state index contributed by atoms with van der Waals surface area (Å²) in [6.45, 7) is 0. The number of hydrogen-bond donors (Lipinski definition) is 3. The number of H-pyrrole nitrogens is 1. The van der Waals surface area contributed by atoms with Gasteiger partial charge in [0, 0.05) is 10.9 Å². The lowest BCUT2D eigenvalue weighted by atomic mass is 10.2. The molecule has 0 aliphatic carbocycles. The molecule has 0 aliphatic rings. The van der Waals surface area contributed by atoms with Gasteiger partial charge in [0.15, 0.2) is 5.69 Å². The third kappa shape index (κ3) is 4.27. The molecule has 0 atom stereocenters. The van der Waals surface area contributed by atoms with Crippen molar-refractivity contribution in [1.29, 1.82) is 0 Å². The van der Waals surface area contributed by atoms with E-state index in [-0.39, 0.29) is 32.7 Å². The third-order valence-electron chi connectivity index (χ3n) is 4.41. The predicted octanol–water partition coefficient (Wildman–Crippen LogP) is 5.25. The van der Waals surface area contributed by atoms with E-state index in [2.05, 4.69) is 19.9 Å². The second-order valence-corrected chi connectivity index (χ2v) is 8.58. The van der Waals surface area contributed by atoms with Crippen LogP contribution in [0.5, 0.6) is 5.88 Å². The van der Waals surface area contributed by atoms with Crippen LogP contribution in [0.25, 0.3) is 10.9 Å². The summed E-state index contributed by atoms with van der Waals surface area (Å²) < 4.78 is 27.8. The summed E-state index contributed by atoms with van der Waals surface area (Å²) in [6.07, 6.45) is 0. The highest BCUT2D eigenvalue weighted by Crippen LogP contribution is 2.35. The number of aromatic nitrogens is 1. The van der Waals surface area contributed by atoms with Crippen LogP contribution in [0.3, 0.4) is 0 Å². The highest BCUT2D eigenvalue weighted by Gasteiger charge is 2.18. The number of fused-ring (bicyclic) bond motifs is 1. The van der Waals surface area contributed by atoms with Crippen molar-refractivity contribution in [3.8, 4) is 5.88 Å². The SMILES string of the molecule is O=C(N=Nc1c(O)[nH]c2ccccc12)c1cccc(S(=O)(=O)Nc2ccccc2Cl)c1. The summed E-state index contributed by atoms with van der Waals surface area (Å²) in [4.78, 5) is 15.1. The van der Waals surface area contributed by atoms with Crippen LogP contribution in [-0.2, 0) is 10.0 Å². The normalized spacial score (nSPS) is 11.8. The molecule has 0 aliphatic heterocycles. The number of halogens is 1. The van der Waals surface area contributed by atoms with Crippen molar-refractivity contribution in [2.75, 3.05) is 4.72 Å². The number of rotatable bonds is 5. The summed E-state index contributed by atoms with van der Waals surface area (Å²) in [5.74, 6) is -0.988. The van der Waals surface area contributed by atoms with Crippen LogP contribution in [0.1, 0.15) is 10.4 Å². The maximum Gasteiger partial charge on any atom is 0.295 e. The van der Waals surface area contributed by atoms with Crippen LogP contribution in [0.4, 0.5) is 11.4 Å². The van der Waals surface area contributed by atoms with E-state index in [9.17, 15) is 18.3 Å². The summed E-state index contributed by atoms with van der Waals surface area (Å²) in [6, 6.07) is 18.8. The molecule has 4 aromatic rings. The van der Waals surface area contributed by atoms with E-state index < -0.39 is 15.9 Å². The summed E-state index contributed by atoms with van der Waals surface area (Å²) >= 11 is 6.01. The third-order valence-corrected chi connectivity index (χ3v) is 6.10. The van der Waals surface area contributed by atoms with Gasteiger partial charge in [-0.1, -0.05) is 48.0 Å². The number of carbonyl (C=O) groups excluding carboxylic acids is 1. The Kier molecular flexibility index (Phi) is 5.45. The van der Waals surface area contributed by atoms with Crippen molar-refractivity contribution in [3.63, 3.8) is 0 Å². The van der Waals surface area contributed by atoms with Gasteiger partial charge in [-0.25, -0.2) is 8.42 Å². The average Bonchev–Trinajstić information content (AvgIpc) is 3.08. The number of anilines is 1. The van der Waals surface area contributed by atoms with Crippen LogP contribution >= 0.6 is 11.6 Å². The summed E-state index contributed by atoms with van der Waals surface area (Å²) in [5.41, 5.74) is 0.994. The Morgan fingerprint density at radius 1 is 1.00 bits per heavy atom. The summed E-state index contributed by atoms with van der Waals surface area (Å²) in [5, 5.41) is 18.3. The molecule has 1 aromatic heterocycles. The molecule has 0 radical (unpaired) electrons. The van der Waals surface area contributed by atoms with Gasteiger partial charge >= 0.3 is 0 Å². The van der Waals surface area contributed by atoms with Gasteiger partial charge in [0.05, 0.1) is 21.1 Å². The monoisotopic (exact) mass is 454 g/mol. The van der Waals surface area contributed by atoms with Crippen LogP contribution in [0.2, 0.25) is 5.02 Å². The molecule has 10 heteroatoms. The number of para-hydroxylation sites is 2. The number of nitrogens with one attached hydrogen (secondary N) is 2. The molecule has 0 bridgehead atoms. The molecule has 3 N–H and O–H groups in total. The van der Waals surface area contributed by atoms with Crippen molar-refractivity contribution in [3.05, 3.63) is 83.4 Å². The van der Waals surface area contributed by atoms with Gasteiger partial charge in [0.2, 0.25) is 5.88 Å². The van der Waals surface area contributed by atoms with Crippen LogP contribution in [-0.4, -0.2) is 24.4 Å². The largest absolute Gasteiger partial charge is 0.493 e. The topological polar surface area (TPSA) is 124 Å². The molecule has 3 aromatic carbocycles.